The van der Waals surface area contributed by atoms with Crippen molar-refractivity contribution < 1.29 is 14.3 Å². The summed E-state index contributed by atoms with van der Waals surface area (Å²) < 4.78 is 5.79. The first-order valence-electron chi connectivity index (χ1n) is 8.87. The topological polar surface area (TPSA) is 55.4 Å². The molecule has 4 nitrogen and oxygen atoms in total. The summed E-state index contributed by atoms with van der Waals surface area (Å²) in [5.74, 6) is 0.0713. The molecule has 3 rings (SSSR count). The Morgan fingerprint density at radius 1 is 0.964 bits per heavy atom. The van der Waals surface area contributed by atoms with Crippen molar-refractivity contribution in [1.29, 1.82) is 0 Å². The Morgan fingerprint density at radius 2 is 1.68 bits per heavy atom. The second kappa shape index (κ2) is 8.72. The number of Topliss-reactive ketones (excluding diaryl/α,β-unsaturated/α-hetero) is 1. The number of halogens is 1. The molecule has 28 heavy (non-hydrogen) atoms. The standard InChI is InChI=1S/C23H20ClNO3/c1-15-10-12-17(13-11-15)22(26)16(2)28-19-7-5-6-18(14-19)25-23(27)20-8-3-4-9-21(20)24/h3-14,16H,1-2H3,(H,25,27). The average molecular weight is 394 g/mol. The lowest BCUT2D eigenvalue weighted by atomic mass is 10.1. The first kappa shape index (κ1) is 19.6. The molecule has 0 bridgehead atoms. The quantitative estimate of drug-likeness (QED) is 0.558. The highest BCUT2D eigenvalue weighted by atomic mass is 35.5. The SMILES string of the molecule is Cc1ccc(C(=O)C(C)Oc2cccc(NC(=O)c3ccccc3Cl)c2)cc1. The predicted molar refractivity (Wildman–Crippen MR) is 111 cm³/mol. The maximum atomic E-state index is 12.5. The van der Waals surface area contributed by atoms with Crippen molar-refractivity contribution in [1.82, 2.24) is 0 Å². The van der Waals surface area contributed by atoms with E-state index in [9.17, 15) is 9.59 Å². The zero-order valence-corrected chi connectivity index (χ0v) is 16.4. The first-order valence-corrected chi connectivity index (χ1v) is 9.25. The number of ether oxygens (including phenoxy) is 1. The van der Waals surface area contributed by atoms with E-state index in [1.54, 1.807) is 67.6 Å². The number of nitrogens with one attached hydrogen (secondary N) is 1. The molecule has 3 aromatic rings. The fraction of sp³-hybridized carbons (Fsp3) is 0.130. The normalized spacial score (nSPS) is 11.5. The van der Waals surface area contributed by atoms with E-state index in [-0.39, 0.29) is 11.7 Å². The van der Waals surface area contributed by atoms with Crippen LogP contribution < -0.4 is 10.1 Å². The summed E-state index contributed by atoms with van der Waals surface area (Å²) in [4.78, 5) is 24.9. The molecule has 1 atom stereocenters. The van der Waals surface area contributed by atoms with Crippen LogP contribution in [0.3, 0.4) is 0 Å². The van der Waals surface area contributed by atoms with E-state index < -0.39 is 6.10 Å². The number of benzene rings is 3. The fourth-order valence-electron chi connectivity index (χ4n) is 2.70. The van der Waals surface area contributed by atoms with Crippen LogP contribution >= 0.6 is 11.6 Å². The summed E-state index contributed by atoms with van der Waals surface area (Å²) in [6.45, 7) is 3.67. The van der Waals surface area contributed by atoms with Gasteiger partial charge in [-0.15, -0.1) is 0 Å². The summed E-state index contributed by atoms with van der Waals surface area (Å²) in [7, 11) is 0. The van der Waals surface area contributed by atoms with Gasteiger partial charge in [-0.3, -0.25) is 9.59 Å². The van der Waals surface area contributed by atoms with Crippen molar-refractivity contribution in [2.24, 2.45) is 0 Å². The number of rotatable bonds is 6. The number of hydrogen-bond acceptors (Lipinski definition) is 3. The first-order chi connectivity index (χ1) is 13.4. The Labute approximate surface area is 169 Å². The van der Waals surface area contributed by atoms with Gasteiger partial charge >= 0.3 is 0 Å². The lowest BCUT2D eigenvalue weighted by Crippen LogP contribution is -2.24. The lowest BCUT2D eigenvalue weighted by molar-refractivity contribution is 0.0818. The molecular formula is C23H20ClNO3. The number of carbonyl (C=O) groups excluding carboxylic acids is 2. The van der Waals surface area contributed by atoms with Crippen molar-refractivity contribution in [3.8, 4) is 5.75 Å². The van der Waals surface area contributed by atoms with Crippen molar-refractivity contribution in [3.63, 3.8) is 0 Å². The number of amides is 1. The van der Waals surface area contributed by atoms with Crippen molar-refractivity contribution in [2.75, 3.05) is 5.32 Å². The molecule has 0 spiro atoms. The highest BCUT2D eigenvalue weighted by Gasteiger charge is 2.17. The highest BCUT2D eigenvalue weighted by molar-refractivity contribution is 6.34. The third kappa shape index (κ3) is 4.78. The van der Waals surface area contributed by atoms with Gasteiger partial charge < -0.3 is 10.1 Å². The van der Waals surface area contributed by atoms with Crippen LogP contribution in [-0.4, -0.2) is 17.8 Å². The van der Waals surface area contributed by atoms with E-state index in [1.165, 1.54) is 0 Å². The van der Waals surface area contributed by atoms with Crippen LogP contribution in [0.15, 0.2) is 72.8 Å². The van der Waals surface area contributed by atoms with Crippen molar-refractivity contribution >= 4 is 29.0 Å². The van der Waals surface area contributed by atoms with E-state index in [1.807, 2.05) is 19.1 Å². The zero-order chi connectivity index (χ0) is 20.1. The monoisotopic (exact) mass is 393 g/mol. The number of hydrogen-bond donors (Lipinski definition) is 1. The molecule has 0 heterocycles. The Balaban J connectivity index is 1.69. The van der Waals surface area contributed by atoms with E-state index in [2.05, 4.69) is 5.32 Å². The molecule has 3 aromatic carbocycles. The molecule has 0 radical (unpaired) electrons. The molecule has 0 aliphatic heterocycles. The van der Waals surface area contributed by atoms with Crippen LogP contribution in [0.2, 0.25) is 5.02 Å². The molecule has 1 N–H and O–H groups in total. The van der Waals surface area contributed by atoms with Crippen LogP contribution in [0.5, 0.6) is 5.75 Å². The minimum absolute atomic E-state index is 0.106. The maximum Gasteiger partial charge on any atom is 0.257 e. The molecular weight excluding hydrogens is 374 g/mol. The Hall–Kier alpha value is -3.11. The maximum absolute atomic E-state index is 12.5. The second-order valence-corrected chi connectivity index (χ2v) is 6.86. The molecule has 0 fully saturated rings. The van der Waals surface area contributed by atoms with E-state index in [0.29, 0.717) is 27.6 Å². The molecule has 1 amide bonds. The molecule has 1 unspecified atom stereocenters. The Kier molecular flexibility index (Phi) is 6.12. The number of anilines is 1. The van der Waals surface area contributed by atoms with Crippen molar-refractivity contribution in [3.05, 3.63) is 94.5 Å². The molecule has 0 aromatic heterocycles. The van der Waals surface area contributed by atoms with Crippen molar-refractivity contribution in [2.45, 2.75) is 20.0 Å². The minimum Gasteiger partial charge on any atom is -0.482 e. The molecule has 0 saturated carbocycles. The molecule has 0 aliphatic rings. The number of ketones is 1. The third-order valence-electron chi connectivity index (χ3n) is 4.23. The summed E-state index contributed by atoms with van der Waals surface area (Å²) in [5.41, 5.74) is 2.63. The van der Waals surface area contributed by atoms with Crippen LogP contribution in [-0.2, 0) is 0 Å². The van der Waals surface area contributed by atoms with Gasteiger partial charge in [0.2, 0.25) is 5.78 Å². The number of aryl methyl sites for hydroxylation is 1. The van der Waals surface area contributed by atoms with Gasteiger partial charge in [-0.05, 0) is 38.1 Å². The molecule has 5 heteroatoms. The molecule has 142 valence electrons. The largest absolute Gasteiger partial charge is 0.482 e. The average Bonchev–Trinajstić information content (AvgIpc) is 2.68. The van der Waals surface area contributed by atoms with Gasteiger partial charge in [-0.1, -0.05) is 59.6 Å². The third-order valence-corrected chi connectivity index (χ3v) is 4.56. The van der Waals surface area contributed by atoms with Gasteiger partial charge in [0, 0.05) is 17.3 Å². The van der Waals surface area contributed by atoms with Crippen LogP contribution in [0.25, 0.3) is 0 Å². The fourth-order valence-corrected chi connectivity index (χ4v) is 2.92. The van der Waals surface area contributed by atoms with Crippen LogP contribution in [0, 0.1) is 6.92 Å². The van der Waals surface area contributed by atoms with Crippen LogP contribution in [0.1, 0.15) is 33.2 Å². The molecule has 0 saturated heterocycles. The summed E-state index contributed by atoms with van der Waals surface area (Å²) in [5, 5.41) is 3.17. The van der Waals surface area contributed by atoms with E-state index in [4.69, 9.17) is 16.3 Å². The Morgan fingerprint density at radius 3 is 2.39 bits per heavy atom. The summed E-state index contributed by atoms with van der Waals surface area (Å²) in [6.07, 6.45) is -0.655. The predicted octanol–water partition coefficient (Wildman–Crippen LogP) is 5.55. The van der Waals surface area contributed by atoms with Crippen LogP contribution in [0.4, 0.5) is 5.69 Å². The van der Waals surface area contributed by atoms with E-state index >= 15 is 0 Å². The Bertz CT molecular complexity index is 999. The van der Waals surface area contributed by atoms with Gasteiger partial charge in [-0.2, -0.15) is 0 Å². The van der Waals surface area contributed by atoms with Gasteiger partial charge in [0.1, 0.15) is 5.75 Å². The summed E-state index contributed by atoms with van der Waals surface area (Å²) in [6, 6.07) is 21.1. The molecule has 0 aliphatic carbocycles. The lowest BCUT2D eigenvalue weighted by Gasteiger charge is -2.15. The summed E-state index contributed by atoms with van der Waals surface area (Å²) >= 11 is 6.07. The van der Waals surface area contributed by atoms with E-state index in [0.717, 1.165) is 5.56 Å². The van der Waals surface area contributed by atoms with Gasteiger partial charge in [0.05, 0.1) is 10.6 Å². The van der Waals surface area contributed by atoms with Gasteiger partial charge in [-0.25, -0.2) is 0 Å². The zero-order valence-electron chi connectivity index (χ0n) is 15.6. The smallest absolute Gasteiger partial charge is 0.257 e. The van der Waals surface area contributed by atoms with Gasteiger partial charge in [0.15, 0.2) is 6.10 Å². The second-order valence-electron chi connectivity index (χ2n) is 6.45. The van der Waals surface area contributed by atoms with Gasteiger partial charge in [0.25, 0.3) is 5.91 Å². The minimum atomic E-state index is -0.655. The highest BCUT2D eigenvalue weighted by Crippen LogP contribution is 2.22. The number of carbonyl (C=O) groups is 2.